The van der Waals surface area contributed by atoms with Crippen LogP contribution in [0.5, 0.6) is 17.4 Å². The van der Waals surface area contributed by atoms with Crippen LogP contribution in [0.25, 0.3) is 5.69 Å². The maximum atomic E-state index is 12.5. The third kappa shape index (κ3) is 6.13. The molecule has 1 N–H and O–H groups in total. The van der Waals surface area contributed by atoms with E-state index in [0.717, 1.165) is 5.56 Å². The van der Waals surface area contributed by atoms with Gasteiger partial charge in [-0.3, -0.25) is 4.57 Å². The Kier molecular flexibility index (Phi) is 7.10. The lowest BCUT2D eigenvalue weighted by molar-refractivity contribution is 0.0276. The van der Waals surface area contributed by atoms with E-state index in [9.17, 15) is 9.90 Å². The average Bonchev–Trinajstić information content (AvgIpc) is 2.72. The lowest BCUT2D eigenvalue weighted by Gasteiger charge is -2.19. The van der Waals surface area contributed by atoms with Crippen LogP contribution in [-0.4, -0.2) is 34.0 Å². The molecule has 0 aliphatic carbocycles. The van der Waals surface area contributed by atoms with Gasteiger partial charge < -0.3 is 19.3 Å². The van der Waals surface area contributed by atoms with Crippen LogP contribution in [0.2, 0.25) is 10.0 Å². The SMILES string of the molecule is COc1cc(-n2ccc(OCc3ccc(Cl)c(Cl)c3)nc2=O)ccc1OCC(C)(C)O. The molecule has 9 heteroatoms. The summed E-state index contributed by atoms with van der Waals surface area (Å²) in [5, 5.41) is 10.7. The Bertz CT molecular complexity index is 1130. The molecule has 1 heterocycles. The standard InChI is InChI=1S/C22H22Cl2N2O5/c1-22(2,28)13-31-18-7-5-15(11-19(18)29-3)26-9-8-20(25-21(26)27)30-12-14-4-6-16(23)17(24)10-14/h4-11,28H,12-13H2,1-3H3. The van der Waals surface area contributed by atoms with E-state index in [1.54, 1.807) is 62.5 Å². The van der Waals surface area contributed by atoms with Gasteiger partial charge in [0, 0.05) is 18.3 Å². The predicted molar refractivity (Wildman–Crippen MR) is 119 cm³/mol. The Morgan fingerprint density at radius 3 is 2.45 bits per heavy atom. The van der Waals surface area contributed by atoms with Crippen LogP contribution in [0, 0.1) is 0 Å². The molecule has 0 fully saturated rings. The fourth-order valence-electron chi connectivity index (χ4n) is 2.63. The zero-order chi connectivity index (χ0) is 22.6. The van der Waals surface area contributed by atoms with Gasteiger partial charge in [0.25, 0.3) is 0 Å². The Labute approximate surface area is 189 Å². The van der Waals surface area contributed by atoms with Crippen molar-refractivity contribution in [1.82, 2.24) is 9.55 Å². The van der Waals surface area contributed by atoms with E-state index < -0.39 is 11.3 Å². The van der Waals surface area contributed by atoms with Crippen LogP contribution in [0.4, 0.5) is 0 Å². The first kappa shape index (κ1) is 22.9. The summed E-state index contributed by atoms with van der Waals surface area (Å²) < 4.78 is 17.9. The van der Waals surface area contributed by atoms with Crippen molar-refractivity contribution in [3.05, 3.63) is 74.8 Å². The highest BCUT2D eigenvalue weighted by Gasteiger charge is 2.16. The molecule has 0 saturated heterocycles. The Hall–Kier alpha value is -2.74. The first-order chi connectivity index (χ1) is 14.7. The molecule has 7 nitrogen and oxygen atoms in total. The van der Waals surface area contributed by atoms with Crippen molar-refractivity contribution in [1.29, 1.82) is 0 Å². The summed E-state index contributed by atoms with van der Waals surface area (Å²) in [6, 6.07) is 11.8. The molecule has 164 valence electrons. The summed E-state index contributed by atoms with van der Waals surface area (Å²) in [7, 11) is 1.50. The zero-order valence-corrected chi connectivity index (χ0v) is 18.8. The van der Waals surface area contributed by atoms with Crippen LogP contribution < -0.4 is 19.9 Å². The van der Waals surface area contributed by atoms with E-state index >= 15 is 0 Å². The molecule has 3 aromatic rings. The third-order valence-corrected chi connectivity index (χ3v) is 4.89. The quantitative estimate of drug-likeness (QED) is 0.535. The Morgan fingerprint density at radius 2 is 1.81 bits per heavy atom. The molecule has 3 rings (SSSR count). The number of halogens is 2. The number of benzene rings is 2. The second kappa shape index (κ2) is 9.60. The topological polar surface area (TPSA) is 82.8 Å². The van der Waals surface area contributed by atoms with E-state index in [2.05, 4.69) is 4.98 Å². The highest BCUT2D eigenvalue weighted by molar-refractivity contribution is 6.42. The second-order valence-electron chi connectivity index (χ2n) is 7.39. The molecule has 0 aliphatic heterocycles. The average molecular weight is 465 g/mol. The molecule has 0 saturated carbocycles. The van der Waals surface area contributed by atoms with Gasteiger partial charge in [-0.25, -0.2) is 4.79 Å². The highest BCUT2D eigenvalue weighted by atomic mass is 35.5. The number of hydrogen-bond donors (Lipinski definition) is 1. The minimum atomic E-state index is -0.988. The lowest BCUT2D eigenvalue weighted by atomic mass is 10.2. The monoisotopic (exact) mass is 464 g/mol. The second-order valence-corrected chi connectivity index (χ2v) is 8.21. The number of hydrogen-bond acceptors (Lipinski definition) is 6. The molecule has 0 unspecified atom stereocenters. The van der Waals surface area contributed by atoms with Crippen molar-refractivity contribution in [3.8, 4) is 23.1 Å². The molecule has 0 atom stereocenters. The molecule has 0 spiro atoms. The summed E-state index contributed by atoms with van der Waals surface area (Å²) in [6.07, 6.45) is 1.56. The van der Waals surface area contributed by atoms with E-state index in [1.165, 1.54) is 11.7 Å². The predicted octanol–water partition coefficient (Wildman–Crippen LogP) is 4.28. The minimum absolute atomic E-state index is 0.0923. The zero-order valence-electron chi connectivity index (χ0n) is 17.3. The number of ether oxygens (including phenoxy) is 3. The van der Waals surface area contributed by atoms with Gasteiger partial charge in [-0.1, -0.05) is 29.3 Å². The molecule has 0 aliphatic rings. The largest absolute Gasteiger partial charge is 0.493 e. The summed E-state index contributed by atoms with van der Waals surface area (Å²) in [6.45, 7) is 3.57. The van der Waals surface area contributed by atoms with Crippen LogP contribution in [0.1, 0.15) is 19.4 Å². The van der Waals surface area contributed by atoms with Gasteiger partial charge in [0.15, 0.2) is 11.5 Å². The van der Waals surface area contributed by atoms with E-state index in [0.29, 0.717) is 27.2 Å². The van der Waals surface area contributed by atoms with Crippen molar-refractivity contribution in [2.45, 2.75) is 26.1 Å². The van der Waals surface area contributed by atoms with Crippen molar-refractivity contribution in [2.75, 3.05) is 13.7 Å². The first-order valence-electron chi connectivity index (χ1n) is 9.36. The number of aromatic nitrogens is 2. The smallest absolute Gasteiger partial charge is 0.355 e. The molecule has 1 aromatic heterocycles. The van der Waals surface area contributed by atoms with Gasteiger partial charge in [-0.2, -0.15) is 4.98 Å². The highest BCUT2D eigenvalue weighted by Crippen LogP contribution is 2.30. The van der Waals surface area contributed by atoms with Crippen molar-refractivity contribution >= 4 is 23.2 Å². The third-order valence-electron chi connectivity index (χ3n) is 4.16. The molecular weight excluding hydrogens is 443 g/mol. The van der Waals surface area contributed by atoms with Gasteiger partial charge in [0.05, 0.1) is 28.4 Å². The fourth-order valence-corrected chi connectivity index (χ4v) is 2.95. The fraction of sp³-hybridized carbons (Fsp3) is 0.273. The Balaban J connectivity index is 1.76. The van der Waals surface area contributed by atoms with Crippen molar-refractivity contribution in [3.63, 3.8) is 0 Å². The summed E-state index contributed by atoms with van der Waals surface area (Å²) in [5.74, 6) is 1.06. The minimum Gasteiger partial charge on any atom is -0.493 e. The number of aliphatic hydroxyl groups is 1. The van der Waals surface area contributed by atoms with Gasteiger partial charge in [0.2, 0.25) is 5.88 Å². The summed E-state index contributed by atoms with van der Waals surface area (Å²) >= 11 is 11.9. The lowest BCUT2D eigenvalue weighted by Crippen LogP contribution is -2.28. The van der Waals surface area contributed by atoms with E-state index in [1.807, 2.05) is 0 Å². The maximum Gasteiger partial charge on any atom is 0.355 e. The maximum absolute atomic E-state index is 12.5. The molecule has 2 aromatic carbocycles. The number of nitrogens with zero attached hydrogens (tertiary/aromatic N) is 2. The normalized spacial score (nSPS) is 11.3. The Morgan fingerprint density at radius 1 is 1.03 bits per heavy atom. The van der Waals surface area contributed by atoms with Gasteiger partial charge in [-0.05, 0) is 43.7 Å². The van der Waals surface area contributed by atoms with Gasteiger partial charge in [-0.15, -0.1) is 0 Å². The summed E-state index contributed by atoms with van der Waals surface area (Å²) in [5.41, 5.74) is -0.163. The molecular formula is C22H22Cl2N2O5. The molecule has 0 bridgehead atoms. The molecule has 0 amide bonds. The summed E-state index contributed by atoms with van der Waals surface area (Å²) in [4.78, 5) is 16.5. The van der Waals surface area contributed by atoms with Crippen molar-refractivity contribution < 1.29 is 19.3 Å². The number of rotatable bonds is 8. The van der Waals surface area contributed by atoms with Gasteiger partial charge in [0.1, 0.15) is 13.2 Å². The van der Waals surface area contributed by atoms with E-state index in [-0.39, 0.29) is 19.1 Å². The van der Waals surface area contributed by atoms with E-state index in [4.69, 9.17) is 37.4 Å². The van der Waals surface area contributed by atoms with Gasteiger partial charge >= 0.3 is 5.69 Å². The number of methoxy groups -OCH3 is 1. The van der Waals surface area contributed by atoms with Crippen LogP contribution in [-0.2, 0) is 6.61 Å². The van der Waals surface area contributed by atoms with Crippen LogP contribution in [0.15, 0.2) is 53.5 Å². The van der Waals surface area contributed by atoms with Crippen LogP contribution in [0.3, 0.4) is 0 Å². The van der Waals surface area contributed by atoms with Crippen molar-refractivity contribution in [2.24, 2.45) is 0 Å². The van der Waals surface area contributed by atoms with Crippen LogP contribution >= 0.6 is 23.2 Å². The molecule has 0 radical (unpaired) electrons. The first-order valence-corrected chi connectivity index (χ1v) is 10.1. The molecule has 31 heavy (non-hydrogen) atoms.